The minimum atomic E-state index is -4.67. The van der Waals surface area contributed by atoms with Crippen molar-refractivity contribution >= 4 is 7.82 Å². The van der Waals surface area contributed by atoms with Crippen LogP contribution in [0.5, 0.6) is 17.2 Å². The molecule has 15 aromatic carbocycles. The van der Waals surface area contributed by atoms with Gasteiger partial charge in [0.2, 0.25) is 0 Å². The first-order valence-corrected chi connectivity index (χ1v) is 38.7. The molecular weight excluding hydrogens is 1320 g/mol. The van der Waals surface area contributed by atoms with E-state index in [0.717, 1.165) is 117 Å². The van der Waals surface area contributed by atoms with E-state index in [-0.39, 0.29) is 17.8 Å². The van der Waals surface area contributed by atoms with Crippen molar-refractivity contribution in [3.8, 4) is 84.0 Å². The van der Waals surface area contributed by atoms with Gasteiger partial charge in [0.25, 0.3) is 0 Å². The molecule has 0 heterocycles. The van der Waals surface area contributed by atoms with E-state index in [1.165, 1.54) is 0 Å². The number of rotatable bonds is 24. The quantitative estimate of drug-likeness (QED) is 0.0447. The molecule has 0 saturated heterocycles. The Morgan fingerprint density at radius 1 is 0.178 bits per heavy atom. The minimum Gasteiger partial charge on any atom is -0.386 e. The maximum Gasteiger partial charge on any atom is 0.647 e. The lowest BCUT2D eigenvalue weighted by atomic mass is 9.62. The molecule has 0 unspecified atom stereocenters. The third kappa shape index (κ3) is 14.1. The highest BCUT2D eigenvalue weighted by Crippen LogP contribution is 2.54. The lowest BCUT2D eigenvalue weighted by Gasteiger charge is -2.40. The highest BCUT2D eigenvalue weighted by molar-refractivity contribution is 7.49. The molecule has 0 aliphatic heterocycles. The number of phosphoric acid groups is 1. The molecule has 0 amide bonds. The van der Waals surface area contributed by atoms with Crippen molar-refractivity contribution < 1.29 is 18.1 Å². The molecule has 15 rings (SSSR count). The highest BCUT2D eigenvalue weighted by atomic mass is 31.2. The summed E-state index contributed by atoms with van der Waals surface area (Å²) in [6.07, 6.45) is 0. The summed E-state index contributed by atoms with van der Waals surface area (Å²) >= 11 is 0. The Bertz CT molecular complexity index is 4620. The van der Waals surface area contributed by atoms with E-state index in [0.29, 0.717) is 17.2 Å². The predicted octanol–water partition coefficient (Wildman–Crippen LogP) is 27.3. The van der Waals surface area contributed by atoms with Gasteiger partial charge in [0.15, 0.2) is 0 Å². The van der Waals surface area contributed by atoms with Crippen LogP contribution in [0.25, 0.3) is 66.8 Å². The van der Waals surface area contributed by atoms with Crippen molar-refractivity contribution in [2.75, 3.05) is 0 Å². The van der Waals surface area contributed by atoms with Gasteiger partial charge in [0, 0.05) is 16.2 Å². The summed E-state index contributed by atoms with van der Waals surface area (Å²) in [5.41, 5.74) is 21.8. The second-order valence-corrected chi connectivity index (χ2v) is 30.3. The largest absolute Gasteiger partial charge is 0.647 e. The van der Waals surface area contributed by atoms with Crippen LogP contribution in [0.1, 0.15) is 91.6 Å². The summed E-state index contributed by atoms with van der Waals surface area (Å²) in [6, 6.07) is 141. The summed E-state index contributed by atoms with van der Waals surface area (Å²) in [5.74, 6) is 1.14. The molecule has 0 spiro atoms. The van der Waals surface area contributed by atoms with Crippen LogP contribution in [-0.2, 0) is 20.8 Å². The summed E-state index contributed by atoms with van der Waals surface area (Å²) in [7, 11) is -4.67. The van der Waals surface area contributed by atoms with E-state index >= 15 is 4.57 Å². The molecule has 0 bridgehead atoms. The van der Waals surface area contributed by atoms with Crippen molar-refractivity contribution in [3.63, 3.8) is 0 Å². The Labute approximate surface area is 632 Å². The van der Waals surface area contributed by atoms with Crippen LogP contribution in [0.15, 0.2) is 400 Å². The minimum absolute atomic E-state index is 0.0663. The highest BCUT2D eigenvalue weighted by Gasteiger charge is 2.44. The molecule has 15 aromatic rings. The molecule has 5 heteroatoms. The number of benzene rings is 15. The van der Waals surface area contributed by atoms with E-state index in [1.54, 1.807) is 0 Å². The van der Waals surface area contributed by atoms with Gasteiger partial charge < -0.3 is 13.6 Å². The molecule has 0 aromatic heterocycles. The average Bonchev–Trinajstić information content (AvgIpc) is 0.751. The zero-order valence-corrected chi connectivity index (χ0v) is 62.3. The van der Waals surface area contributed by atoms with Crippen molar-refractivity contribution in [1.29, 1.82) is 0 Å². The van der Waals surface area contributed by atoms with E-state index in [2.05, 4.69) is 406 Å². The van der Waals surface area contributed by atoms with Gasteiger partial charge in [-0.3, -0.25) is 0 Å². The Hall–Kier alpha value is -12.1. The molecule has 0 radical (unpaired) electrons. The maximum atomic E-state index is 16.4. The number of hydrogen-bond acceptors (Lipinski definition) is 4. The van der Waals surface area contributed by atoms with E-state index in [9.17, 15) is 0 Å². The summed E-state index contributed by atoms with van der Waals surface area (Å²) < 4.78 is 36.9. The Morgan fingerprint density at radius 3 is 0.430 bits per heavy atom. The molecule has 0 saturated carbocycles. The van der Waals surface area contributed by atoms with Crippen LogP contribution in [0, 0.1) is 17.8 Å². The first-order chi connectivity index (χ1) is 52.3. The Morgan fingerprint density at radius 2 is 0.299 bits per heavy atom. The fourth-order valence-corrected chi connectivity index (χ4v) is 17.9. The fourth-order valence-electron chi connectivity index (χ4n) is 16.6. The standard InChI is InChI=1S/C102H87O4P/c1-73(2)100(88-49-37-82(38-50-88)76-25-13-7-14-26-76,89-51-39-83(40-52-89)77-27-15-8-16-28-77)94-61-67-97(68-62-94)104-107(103,105-98-69-63-95(64-70-98)101(74(3)4,90-53-41-84(42-54-90)78-29-17-9-18-30-78)91-55-43-85(44-56-91)79-31-19-10-20-32-79)106-99-71-65-96(66-72-99)102(75(5)6,92-57-45-86(46-58-92)80-33-21-11-22-34-80)93-59-47-87(48-60-93)81-35-23-12-24-36-81/h7-75H,1-6H3. The third-order valence-corrected chi connectivity index (χ3v) is 23.2. The van der Waals surface area contributed by atoms with E-state index in [1.807, 2.05) is 36.4 Å². The predicted molar refractivity (Wildman–Crippen MR) is 444 cm³/mol. The Balaban J connectivity index is 0.827. The normalized spacial score (nSPS) is 11.9. The fraction of sp³-hybridized carbons (Fsp3) is 0.118. The van der Waals surface area contributed by atoms with Crippen LogP contribution in [0.3, 0.4) is 0 Å². The van der Waals surface area contributed by atoms with Gasteiger partial charge >= 0.3 is 7.82 Å². The third-order valence-electron chi connectivity index (χ3n) is 21.9. The summed E-state index contributed by atoms with van der Waals surface area (Å²) in [4.78, 5) is 0. The van der Waals surface area contributed by atoms with Gasteiger partial charge in [-0.25, -0.2) is 0 Å². The number of phosphoric ester groups is 1. The second-order valence-electron chi connectivity index (χ2n) is 28.8. The SMILES string of the molecule is CC(C)C(c1ccc(OP(=O)(Oc2ccc(C(c3ccc(-c4ccccc4)cc3)(c3ccc(-c4ccccc4)cc3)C(C)C)cc2)Oc2ccc(C(c3ccc(-c4ccccc4)cc3)(c3ccc(-c4ccccc4)cc3)C(C)C)cc2)cc1)(c1ccc(-c2ccccc2)cc1)c1ccc(-c2ccccc2)cc1. The van der Waals surface area contributed by atoms with E-state index < -0.39 is 24.1 Å². The van der Waals surface area contributed by atoms with Crippen LogP contribution < -0.4 is 13.6 Å². The van der Waals surface area contributed by atoms with Crippen LogP contribution in [0.4, 0.5) is 0 Å². The zero-order valence-electron chi connectivity index (χ0n) is 61.4. The summed E-state index contributed by atoms with van der Waals surface area (Å²) in [6.45, 7) is 13.7. The first kappa shape index (κ1) is 70.6. The topological polar surface area (TPSA) is 44.8 Å². The first-order valence-electron chi connectivity index (χ1n) is 37.3. The molecule has 0 fully saturated rings. The maximum absolute atomic E-state index is 16.4. The van der Waals surface area contributed by atoms with Crippen molar-refractivity contribution in [2.45, 2.75) is 57.8 Å². The summed E-state index contributed by atoms with van der Waals surface area (Å²) in [5, 5.41) is 0. The molecule has 0 aliphatic carbocycles. The molecule has 524 valence electrons. The van der Waals surface area contributed by atoms with Crippen LogP contribution >= 0.6 is 7.82 Å². The zero-order chi connectivity index (χ0) is 73.4. The van der Waals surface area contributed by atoms with Gasteiger partial charge in [-0.05, 0) is 171 Å². The van der Waals surface area contributed by atoms with Gasteiger partial charge in [0.05, 0.1) is 0 Å². The smallest absolute Gasteiger partial charge is 0.386 e. The average molecular weight is 1410 g/mol. The molecule has 4 nitrogen and oxygen atoms in total. The van der Waals surface area contributed by atoms with Gasteiger partial charge in [0.1, 0.15) is 17.2 Å². The molecule has 107 heavy (non-hydrogen) atoms. The van der Waals surface area contributed by atoms with Gasteiger partial charge in [-0.1, -0.05) is 406 Å². The number of hydrogen-bond donors (Lipinski definition) is 0. The van der Waals surface area contributed by atoms with Gasteiger partial charge in [-0.2, -0.15) is 4.57 Å². The molecule has 0 N–H and O–H groups in total. The lowest BCUT2D eigenvalue weighted by Crippen LogP contribution is -2.35. The molecular formula is C102H87O4P. The van der Waals surface area contributed by atoms with Crippen molar-refractivity contribution in [2.24, 2.45) is 17.8 Å². The molecule has 0 atom stereocenters. The Kier molecular flexibility index (Phi) is 20.4. The second kappa shape index (κ2) is 30.9. The monoisotopic (exact) mass is 1410 g/mol. The van der Waals surface area contributed by atoms with E-state index in [4.69, 9.17) is 13.6 Å². The van der Waals surface area contributed by atoms with Gasteiger partial charge in [-0.15, -0.1) is 0 Å². The van der Waals surface area contributed by atoms with Crippen molar-refractivity contribution in [1.82, 2.24) is 0 Å². The van der Waals surface area contributed by atoms with Crippen molar-refractivity contribution in [3.05, 3.63) is 450 Å². The van der Waals surface area contributed by atoms with Crippen LogP contribution in [0.2, 0.25) is 0 Å². The lowest BCUT2D eigenvalue weighted by molar-refractivity contribution is 0.298. The molecule has 0 aliphatic rings. The van der Waals surface area contributed by atoms with Crippen LogP contribution in [-0.4, -0.2) is 0 Å².